The molecule has 0 fully saturated rings. The van der Waals surface area contributed by atoms with Gasteiger partial charge in [-0.05, 0) is 96.8 Å². The molecule has 4 rings (SSSR count). The summed E-state index contributed by atoms with van der Waals surface area (Å²) >= 11 is 6.75. The van der Waals surface area contributed by atoms with Gasteiger partial charge >= 0.3 is 11.9 Å². The largest absolute Gasteiger partial charge is 0.423 e. The van der Waals surface area contributed by atoms with Gasteiger partial charge in [0, 0.05) is 14.4 Å². The molecule has 0 saturated heterocycles. The minimum absolute atomic E-state index is 0.335. The Morgan fingerprint density at radius 3 is 1.27 bits per heavy atom. The maximum absolute atomic E-state index is 12.6. The quantitative estimate of drug-likeness (QED) is 0.160. The molecule has 4 nitrogen and oxygen atoms in total. The lowest BCUT2D eigenvalue weighted by Crippen LogP contribution is -2.20. The lowest BCUT2D eigenvalue weighted by molar-refractivity contribution is 0.0724. The van der Waals surface area contributed by atoms with Crippen LogP contribution >= 0.6 is 31.9 Å². The van der Waals surface area contributed by atoms with Crippen LogP contribution < -0.4 is 9.47 Å². The Balaban J connectivity index is 1.51. The van der Waals surface area contributed by atoms with E-state index in [9.17, 15) is 9.59 Å². The van der Waals surface area contributed by atoms with Gasteiger partial charge in [-0.3, -0.25) is 0 Å². The van der Waals surface area contributed by atoms with Crippen molar-refractivity contribution >= 4 is 43.8 Å². The van der Waals surface area contributed by atoms with Crippen molar-refractivity contribution in [3.05, 3.63) is 127 Å². The topological polar surface area (TPSA) is 52.6 Å². The maximum atomic E-state index is 12.6. The Labute approximate surface area is 233 Å². The molecular weight excluding hydrogens is 596 g/mol. The molecule has 0 unspecified atom stereocenters. The number of rotatable bonds is 6. The third kappa shape index (κ3) is 6.20. The van der Waals surface area contributed by atoms with E-state index in [0.717, 1.165) is 31.2 Å². The number of hydrogen-bond acceptors (Lipinski definition) is 4. The van der Waals surface area contributed by atoms with Crippen molar-refractivity contribution in [2.24, 2.45) is 0 Å². The van der Waals surface area contributed by atoms with Crippen molar-refractivity contribution in [2.75, 3.05) is 0 Å². The van der Waals surface area contributed by atoms with Crippen LogP contribution in [0.15, 0.2) is 93.9 Å². The van der Waals surface area contributed by atoms with Crippen LogP contribution in [0.25, 0.3) is 0 Å². The predicted molar refractivity (Wildman–Crippen MR) is 153 cm³/mol. The van der Waals surface area contributed by atoms with E-state index in [4.69, 9.17) is 9.47 Å². The first-order valence-electron chi connectivity index (χ1n) is 11.7. The number of hydrogen-bond donors (Lipinski definition) is 0. The zero-order valence-corrected chi connectivity index (χ0v) is 24.1. The van der Waals surface area contributed by atoms with Gasteiger partial charge in [-0.15, -0.1) is 0 Å². The second-order valence-electron chi connectivity index (χ2n) is 9.38. The van der Waals surface area contributed by atoms with Crippen LogP contribution in [0.4, 0.5) is 0 Å². The summed E-state index contributed by atoms with van der Waals surface area (Å²) in [7, 11) is 0. The van der Waals surface area contributed by atoms with Crippen LogP contribution in [0.3, 0.4) is 0 Å². The highest BCUT2D eigenvalue weighted by molar-refractivity contribution is 9.10. The number of aryl methyl sites for hydroxylation is 2. The van der Waals surface area contributed by atoms with E-state index in [1.807, 2.05) is 74.5 Å². The van der Waals surface area contributed by atoms with Gasteiger partial charge in [0.2, 0.25) is 0 Å². The minimum atomic E-state index is -0.397. The van der Waals surface area contributed by atoms with Gasteiger partial charge in [-0.2, -0.15) is 0 Å². The Kier molecular flexibility index (Phi) is 8.00. The number of halogens is 2. The van der Waals surface area contributed by atoms with Crippen LogP contribution in [0.5, 0.6) is 11.5 Å². The zero-order chi connectivity index (χ0) is 26.7. The minimum Gasteiger partial charge on any atom is -0.423 e. The molecule has 0 bridgehead atoms. The van der Waals surface area contributed by atoms with Crippen molar-refractivity contribution in [2.45, 2.75) is 33.1 Å². The normalized spacial score (nSPS) is 11.2. The maximum Gasteiger partial charge on any atom is 0.343 e. The Morgan fingerprint density at radius 2 is 0.946 bits per heavy atom. The molecule has 0 heterocycles. The van der Waals surface area contributed by atoms with Gasteiger partial charge in [0.25, 0.3) is 0 Å². The number of ether oxygens (including phenoxy) is 2. The highest BCUT2D eigenvalue weighted by Gasteiger charge is 2.25. The van der Waals surface area contributed by atoms with E-state index in [1.54, 1.807) is 24.3 Å². The lowest BCUT2D eigenvalue weighted by Gasteiger charge is -2.27. The molecule has 6 heteroatoms. The molecule has 0 atom stereocenters. The van der Waals surface area contributed by atoms with Crippen molar-refractivity contribution in [1.82, 2.24) is 0 Å². The molecule has 188 valence electrons. The van der Waals surface area contributed by atoms with E-state index in [-0.39, 0.29) is 5.41 Å². The summed E-state index contributed by atoms with van der Waals surface area (Å²) in [5.74, 6) is 0.260. The predicted octanol–water partition coefficient (Wildman–Crippen LogP) is 8.59. The van der Waals surface area contributed by atoms with Crippen molar-refractivity contribution in [1.29, 1.82) is 0 Å². The van der Waals surface area contributed by atoms with E-state index < -0.39 is 11.9 Å². The summed E-state index contributed by atoms with van der Waals surface area (Å²) in [5, 5.41) is 0. The van der Waals surface area contributed by atoms with Crippen molar-refractivity contribution in [3.8, 4) is 11.5 Å². The van der Waals surface area contributed by atoms with E-state index in [2.05, 4.69) is 45.7 Å². The lowest BCUT2D eigenvalue weighted by atomic mass is 9.77. The first-order valence-corrected chi connectivity index (χ1v) is 13.3. The van der Waals surface area contributed by atoms with E-state index >= 15 is 0 Å². The summed E-state index contributed by atoms with van der Waals surface area (Å²) in [5.41, 5.74) is 4.53. The molecule has 4 aromatic rings. The highest BCUT2D eigenvalue weighted by Crippen LogP contribution is 2.36. The molecule has 4 aromatic carbocycles. The molecule has 0 amide bonds. The Morgan fingerprint density at radius 1 is 0.595 bits per heavy atom. The van der Waals surface area contributed by atoms with Gasteiger partial charge in [0.15, 0.2) is 0 Å². The average molecular weight is 622 g/mol. The van der Waals surface area contributed by atoms with Crippen molar-refractivity contribution < 1.29 is 19.1 Å². The van der Waals surface area contributed by atoms with E-state index in [1.165, 1.54) is 0 Å². The highest BCUT2D eigenvalue weighted by atomic mass is 79.9. The molecule has 0 spiro atoms. The molecular formula is C31H26Br2O4. The fourth-order valence-electron chi connectivity index (χ4n) is 3.96. The van der Waals surface area contributed by atoms with Gasteiger partial charge in [0.05, 0.1) is 11.1 Å². The van der Waals surface area contributed by atoms with Gasteiger partial charge in [-0.1, -0.05) is 70.0 Å². The smallest absolute Gasteiger partial charge is 0.343 e. The molecule has 37 heavy (non-hydrogen) atoms. The van der Waals surface area contributed by atoms with Crippen LogP contribution in [0, 0.1) is 13.8 Å². The first kappa shape index (κ1) is 26.8. The number of benzene rings is 4. The zero-order valence-electron chi connectivity index (χ0n) is 21.0. The summed E-state index contributed by atoms with van der Waals surface area (Å²) in [4.78, 5) is 25.1. The van der Waals surface area contributed by atoms with Crippen molar-refractivity contribution in [3.63, 3.8) is 0 Å². The van der Waals surface area contributed by atoms with Gasteiger partial charge < -0.3 is 9.47 Å². The third-order valence-electron chi connectivity index (χ3n) is 6.36. The molecule has 0 aliphatic rings. The number of carbonyl (C=O) groups excluding carboxylic acids is 2. The summed E-state index contributed by atoms with van der Waals surface area (Å²) in [6, 6.07) is 25.9. The molecule has 0 aliphatic heterocycles. The first-order chi connectivity index (χ1) is 17.5. The molecule has 0 aromatic heterocycles. The van der Waals surface area contributed by atoms with Crippen LogP contribution in [-0.4, -0.2) is 11.9 Å². The van der Waals surface area contributed by atoms with Gasteiger partial charge in [0.1, 0.15) is 11.5 Å². The second kappa shape index (κ2) is 11.0. The molecule has 0 saturated carbocycles. The standard InChI is InChI=1S/C31H26Br2O4/c1-19-17-23(9-15-27(19)36-29(34)21-5-11-25(32)12-6-21)31(3,4)24-10-16-28(20(2)18-24)37-30(35)22-7-13-26(33)14-8-22/h5-18H,1-4H3. The monoisotopic (exact) mass is 620 g/mol. The second-order valence-corrected chi connectivity index (χ2v) is 11.2. The Hall–Kier alpha value is -3.22. The van der Waals surface area contributed by atoms with Crippen LogP contribution in [0.1, 0.15) is 56.8 Å². The molecule has 0 aliphatic carbocycles. The fraction of sp³-hybridized carbons (Fsp3) is 0.161. The number of esters is 2. The van der Waals surface area contributed by atoms with Crippen LogP contribution in [-0.2, 0) is 5.41 Å². The summed E-state index contributed by atoms with van der Waals surface area (Å²) in [6.45, 7) is 8.13. The average Bonchev–Trinajstić information content (AvgIpc) is 2.87. The van der Waals surface area contributed by atoms with E-state index in [0.29, 0.717) is 22.6 Å². The molecule has 0 radical (unpaired) electrons. The fourth-order valence-corrected chi connectivity index (χ4v) is 4.49. The summed E-state index contributed by atoms with van der Waals surface area (Å²) < 4.78 is 13.1. The SMILES string of the molecule is Cc1cc(C(C)(C)c2ccc(OC(=O)c3ccc(Br)cc3)c(C)c2)ccc1OC(=O)c1ccc(Br)cc1. The third-order valence-corrected chi connectivity index (χ3v) is 7.42. The number of carbonyl (C=O) groups is 2. The molecule has 0 N–H and O–H groups in total. The summed E-state index contributed by atoms with van der Waals surface area (Å²) in [6.07, 6.45) is 0. The van der Waals surface area contributed by atoms with Gasteiger partial charge in [-0.25, -0.2) is 9.59 Å². The van der Waals surface area contributed by atoms with Crippen LogP contribution in [0.2, 0.25) is 0 Å². The Bertz CT molecular complexity index is 1350.